The highest BCUT2D eigenvalue weighted by Gasteiger charge is 2.01. The first-order chi connectivity index (χ1) is 8.29. The Balaban J connectivity index is 2.08. The van der Waals surface area contributed by atoms with Crippen molar-refractivity contribution < 1.29 is 0 Å². The first kappa shape index (κ1) is 11.4. The lowest BCUT2D eigenvalue weighted by atomic mass is 10.2. The van der Waals surface area contributed by atoms with Crippen LogP contribution in [-0.2, 0) is 6.54 Å². The molecule has 0 aliphatic rings. The van der Waals surface area contributed by atoms with Crippen LogP contribution < -0.4 is 5.32 Å². The van der Waals surface area contributed by atoms with Gasteiger partial charge in [0.1, 0.15) is 11.8 Å². The minimum atomic E-state index is 0.335. The van der Waals surface area contributed by atoms with Crippen molar-refractivity contribution in [1.29, 1.82) is 5.26 Å². The number of hydrogen-bond donors (Lipinski definition) is 1. The van der Waals surface area contributed by atoms with Gasteiger partial charge in [0.05, 0.1) is 0 Å². The molecule has 1 aromatic carbocycles. The van der Waals surface area contributed by atoms with Gasteiger partial charge in [-0.2, -0.15) is 5.26 Å². The van der Waals surface area contributed by atoms with Crippen LogP contribution in [0.4, 0.5) is 5.95 Å². The van der Waals surface area contributed by atoms with Gasteiger partial charge in [0.2, 0.25) is 5.95 Å². The molecule has 2 rings (SSSR count). The smallest absolute Gasteiger partial charge is 0.224 e. The number of aromatic nitrogens is 2. The van der Waals surface area contributed by atoms with Gasteiger partial charge in [-0.1, -0.05) is 29.8 Å². The van der Waals surface area contributed by atoms with Gasteiger partial charge in [-0.25, -0.2) is 9.97 Å². The van der Waals surface area contributed by atoms with E-state index in [2.05, 4.69) is 15.3 Å². The molecule has 2 aromatic rings. The van der Waals surface area contributed by atoms with E-state index in [9.17, 15) is 0 Å². The van der Waals surface area contributed by atoms with Crippen LogP contribution >= 0.6 is 11.6 Å². The SMILES string of the molecule is N#Cc1ccnc(NCc2ccccc2Cl)n1. The normalized spacial score (nSPS) is 9.65. The largest absolute Gasteiger partial charge is 0.350 e. The van der Waals surface area contributed by atoms with E-state index in [1.165, 1.54) is 0 Å². The molecule has 1 aromatic heterocycles. The Morgan fingerprint density at radius 2 is 2.12 bits per heavy atom. The molecule has 84 valence electrons. The minimum absolute atomic E-state index is 0.335. The molecule has 0 amide bonds. The second-order valence-electron chi connectivity index (χ2n) is 3.32. The number of nitriles is 1. The number of nitrogens with one attached hydrogen (secondary N) is 1. The van der Waals surface area contributed by atoms with Crippen molar-refractivity contribution >= 4 is 17.5 Å². The standard InChI is InChI=1S/C12H9ClN4/c13-11-4-2-1-3-9(11)8-16-12-15-6-5-10(7-14)17-12/h1-6H,8H2,(H,15,16,17). The monoisotopic (exact) mass is 244 g/mol. The fourth-order valence-electron chi connectivity index (χ4n) is 1.32. The third-order valence-electron chi connectivity index (χ3n) is 2.16. The van der Waals surface area contributed by atoms with E-state index in [4.69, 9.17) is 16.9 Å². The summed E-state index contributed by atoms with van der Waals surface area (Å²) in [4.78, 5) is 8.03. The van der Waals surface area contributed by atoms with Gasteiger partial charge in [-0.3, -0.25) is 0 Å². The van der Waals surface area contributed by atoms with Crippen molar-refractivity contribution in [1.82, 2.24) is 9.97 Å². The first-order valence-electron chi connectivity index (χ1n) is 5.00. The van der Waals surface area contributed by atoms with Crippen LogP contribution in [-0.4, -0.2) is 9.97 Å². The first-order valence-corrected chi connectivity index (χ1v) is 5.38. The summed E-state index contributed by atoms with van der Waals surface area (Å²) in [5.74, 6) is 0.420. The van der Waals surface area contributed by atoms with Gasteiger partial charge in [0, 0.05) is 17.8 Å². The second-order valence-corrected chi connectivity index (χ2v) is 3.73. The Morgan fingerprint density at radius 1 is 1.29 bits per heavy atom. The number of halogens is 1. The van der Waals surface area contributed by atoms with E-state index in [0.717, 1.165) is 5.56 Å². The summed E-state index contributed by atoms with van der Waals surface area (Å²) in [5.41, 5.74) is 1.29. The molecule has 4 nitrogen and oxygen atoms in total. The summed E-state index contributed by atoms with van der Waals surface area (Å²) in [6.45, 7) is 0.522. The number of anilines is 1. The average Bonchev–Trinajstić information content (AvgIpc) is 2.38. The Labute approximate surface area is 104 Å². The fraction of sp³-hybridized carbons (Fsp3) is 0.0833. The van der Waals surface area contributed by atoms with E-state index in [0.29, 0.717) is 23.2 Å². The van der Waals surface area contributed by atoms with E-state index >= 15 is 0 Å². The van der Waals surface area contributed by atoms with Crippen LogP contribution in [0.5, 0.6) is 0 Å². The lowest BCUT2D eigenvalue weighted by Gasteiger charge is -2.06. The lowest BCUT2D eigenvalue weighted by Crippen LogP contribution is -2.04. The molecule has 17 heavy (non-hydrogen) atoms. The molecular formula is C12H9ClN4. The van der Waals surface area contributed by atoms with Crippen LogP contribution in [0.3, 0.4) is 0 Å². The van der Waals surface area contributed by atoms with Gasteiger partial charge in [-0.05, 0) is 17.7 Å². The number of hydrogen-bond acceptors (Lipinski definition) is 4. The Hall–Kier alpha value is -2.12. The minimum Gasteiger partial charge on any atom is -0.350 e. The number of rotatable bonds is 3. The quantitative estimate of drug-likeness (QED) is 0.902. The van der Waals surface area contributed by atoms with Crippen LogP contribution in [0.15, 0.2) is 36.5 Å². The summed E-state index contributed by atoms with van der Waals surface area (Å²) in [5, 5.41) is 12.4. The van der Waals surface area contributed by atoms with Crippen LogP contribution in [0.25, 0.3) is 0 Å². The second kappa shape index (κ2) is 5.28. The highest BCUT2D eigenvalue weighted by molar-refractivity contribution is 6.31. The summed E-state index contributed by atoms with van der Waals surface area (Å²) >= 11 is 6.02. The van der Waals surface area contributed by atoms with Crippen LogP contribution in [0.2, 0.25) is 5.02 Å². The van der Waals surface area contributed by atoms with Crippen molar-refractivity contribution in [2.45, 2.75) is 6.54 Å². The van der Waals surface area contributed by atoms with Gasteiger partial charge in [-0.15, -0.1) is 0 Å². The van der Waals surface area contributed by atoms with Crippen molar-refractivity contribution in [3.8, 4) is 6.07 Å². The maximum absolute atomic E-state index is 8.70. The zero-order chi connectivity index (χ0) is 12.1. The van der Waals surface area contributed by atoms with Crippen molar-refractivity contribution in [3.63, 3.8) is 0 Å². The molecular weight excluding hydrogens is 236 g/mol. The summed E-state index contributed by atoms with van der Waals surface area (Å²) in [6, 6.07) is 11.0. The van der Waals surface area contributed by atoms with E-state index in [1.54, 1.807) is 12.3 Å². The summed E-state index contributed by atoms with van der Waals surface area (Å²) < 4.78 is 0. The maximum Gasteiger partial charge on any atom is 0.224 e. The fourth-order valence-corrected chi connectivity index (χ4v) is 1.52. The number of benzene rings is 1. The molecule has 0 unspecified atom stereocenters. The molecule has 0 radical (unpaired) electrons. The Bertz CT molecular complexity index is 562. The van der Waals surface area contributed by atoms with E-state index in [1.807, 2.05) is 30.3 Å². The third kappa shape index (κ3) is 2.92. The highest BCUT2D eigenvalue weighted by Crippen LogP contribution is 2.15. The third-order valence-corrected chi connectivity index (χ3v) is 2.53. The summed E-state index contributed by atoms with van der Waals surface area (Å²) in [6.07, 6.45) is 1.54. The zero-order valence-corrected chi connectivity index (χ0v) is 9.65. The zero-order valence-electron chi connectivity index (χ0n) is 8.89. The Kier molecular flexibility index (Phi) is 3.53. The van der Waals surface area contributed by atoms with E-state index < -0.39 is 0 Å². The molecule has 0 bridgehead atoms. The van der Waals surface area contributed by atoms with Gasteiger partial charge >= 0.3 is 0 Å². The molecule has 1 heterocycles. The van der Waals surface area contributed by atoms with Crippen LogP contribution in [0, 0.1) is 11.3 Å². The summed E-state index contributed by atoms with van der Waals surface area (Å²) in [7, 11) is 0. The van der Waals surface area contributed by atoms with Crippen LogP contribution in [0.1, 0.15) is 11.3 Å². The Morgan fingerprint density at radius 3 is 2.88 bits per heavy atom. The van der Waals surface area contributed by atoms with E-state index in [-0.39, 0.29) is 0 Å². The lowest BCUT2D eigenvalue weighted by molar-refractivity contribution is 1.04. The molecule has 0 aliphatic carbocycles. The van der Waals surface area contributed by atoms with Gasteiger partial charge in [0.25, 0.3) is 0 Å². The number of nitrogens with zero attached hydrogens (tertiary/aromatic N) is 3. The predicted molar refractivity (Wildman–Crippen MR) is 65.5 cm³/mol. The maximum atomic E-state index is 8.70. The predicted octanol–water partition coefficient (Wildman–Crippen LogP) is 2.61. The molecule has 0 aliphatic heterocycles. The molecule has 0 spiro atoms. The topological polar surface area (TPSA) is 61.6 Å². The molecule has 5 heteroatoms. The highest BCUT2D eigenvalue weighted by atomic mass is 35.5. The van der Waals surface area contributed by atoms with Crippen molar-refractivity contribution in [2.75, 3.05) is 5.32 Å². The molecule has 0 fully saturated rings. The van der Waals surface area contributed by atoms with Gasteiger partial charge < -0.3 is 5.32 Å². The average molecular weight is 245 g/mol. The van der Waals surface area contributed by atoms with Crippen molar-refractivity contribution in [3.05, 3.63) is 52.8 Å². The van der Waals surface area contributed by atoms with Crippen molar-refractivity contribution in [2.24, 2.45) is 0 Å². The molecule has 0 saturated heterocycles. The molecule has 0 saturated carbocycles. The molecule has 1 N–H and O–H groups in total. The molecule has 0 atom stereocenters. The van der Waals surface area contributed by atoms with Gasteiger partial charge in [0.15, 0.2) is 0 Å².